The summed E-state index contributed by atoms with van der Waals surface area (Å²) in [4.78, 5) is 17.3. The zero-order valence-corrected chi connectivity index (χ0v) is 17.3. The predicted molar refractivity (Wildman–Crippen MR) is 112 cm³/mol. The topological polar surface area (TPSA) is 103 Å². The van der Waals surface area contributed by atoms with Gasteiger partial charge in [0.1, 0.15) is 11.8 Å². The van der Waals surface area contributed by atoms with E-state index in [0.717, 1.165) is 10.9 Å². The third kappa shape index (κ3) is 3.55. The van der Waals surface area contributed by atoms with E-state index < -0.39 is 22.0 Å². The highest BCUT2D eigenvalue weighted by molar-refractivity contribution is 7.89. The van der Waals surface area contributed by atoms with Gasteiger partial charge < -0.3 is 14.8 Å². The average molecular weight is 429 g/mol. The van der Waals surface area contributed by atoms with Crippen LogP contribution in [0.15, 0.2) is 59.6 Å². The number of H-pyrrole nitrogens is 1. The van der Waals surface area contributed by atoms with Gasteiger partial charge in [0.05, 0.1) is 17.5 Å². The fourth-order valence-electron chi connectivity index (χ4n) is 3.97. The Hall–Kier alpha value is -2.88. The van der Waals surface area contributed by atoms with Gasteiger partial charge in [0.25, 0.3) is 0 Å². The summed E-state index contributed by atoms with van der Waals surface area (Å²) in [6.07, 6.45) is 1.69. The van der Waals surface area contributed by atoms with E-state index >= 15 is 0 Å². The Morgan fingerprint density at radius 2 is 1.77 bits per heavy atom. The van der Waals surface area contributed by atoms with E-state index in [9.17, 15) is 18.3 Å². The predicted octanol–water partition coefficient (Wildman–Crippen LogP) is 2.31. The number of aromatic nitrogens is 1. The van der Waals surface area contributed by atoms with Crippen LogP contribution in [-0.2, 0) is 14.8 Å². The molecule has 2 N–H and O–H groups in total. The van der Waals surface area contributed by atoms with Gasteiger partial charge in [0, 0.05) is 43.3 Å². The number of ether oxygens (including phenoxy) is 1. The monoisotopic (exact) mass is 429 g/mol. The van der Waals surface area contributed by atoms with Crippen molar-refractivity contribution < 1.29 is 23.1 Å². The number of para-hydroxylation sites is 1. The molecule has 30 heavy (non-hydrogen) atoms. The quantitative estimate of drug-likeness (QED) is 0.623. The molecule has 2 heterocycles. The van der Waals surface area contributed by atoms with Gasteiger partial charge in [-0.2, -0.15) is 4.31 Å². The number of benzene rings is 2. The molecular formula is C21H23N3O5S. The van der Waals surface area contributed by atoms with Crippen molar-refractivity contribution in [3.63, 3.8) is 0 Å². The first kappa shape index (κ1) is 20.4. The smallest absolute Gasteiger partial charge is 0.325 e. The molecule has 1 aliphatic rings. The fraction of sp³-hybridized carbons (Fsp3) is 0.286. The molecule has 1 atom stereocenters. The van der Waals surface area contributed by atoms with E-state index in [1.807, 2.05) is 18.2 Å². The summed E-state index contributed by atoms with van der Waals surface area (Å²) in [7, 11) is -2.03. The Balaban J connectivity index is 1.58. The highest BCUT2D eigenvalue weighted by atomic mass is 32.2. The van der Waals surface area contributed by atoms with Gasteiger partial charge >= 0.3 is 5.97 Å². The minimum atomic E-state index is -3.59. The number of fused-ring (bicyclic) bond motifs is 1. The van der Waals surface area contributed by atoms with E-state index in [2.05, 4.69) is 4.98 Å². The van der Waals surface area contributed by atoms with Gasteiger partial charge in [-0.15, -0.1) is 0 Å². The number of nitrogens with one attached hydrogen (secondary N) is 1. The van der Waals surface area contributed by atoms with E-state index in [-0.39, 0.29) is 18.0 Å². The molecule has 0 saturated carbocycles. The summed E-state index contributed by atoms with van der Waals surface area (Å²) >= 11 is 0. The van der Waals surface area contributed by atoms with E-state index in [4.69, 9.17) is 4.74 Å². The molecule has 0 bridgehead atoms. The van der Waals surface area contributed by atoms with Crippen LogP contribution in [0, 0.1) is 0 Å². The van der Waals surface area contributed by atoms with Crippen molar-refractivity contribution in [2.45, 2.75) is 10.9 Å². The highest BCUT2D eigenvalue weighted by Crippen LogP contribution is 2.33. The summed E-state index contributed by atoms with van der Waals surface area (Å²) < 4.78 is 32.5. The Kier molecular flexibility index (Phi) is 5.50. The molecule has 0 aliphatic carbocycles. The van der Waals surface area contributed by atoms with Crippen LogP contribution in [0.25, 0.3) is 10.9 Å². The second-order valence-electron chi connectivity index (χ2n) is 7.12. The molecule has 4 rings (SSSR count). The number of hydrogen-bond donors (Lipinski definition) is 2. The molecule has 2 aromatic carbocycles. The SMILES string of the molecule is COc1cccc2c([C@H](C(=O)O)N3CCN(S(=O)(=O)c4ccccc4)CC3)c[nH]c12. The van der Waals surface area contributed by atoms with Crippen molar-refractivity contribution >= 4 is 26.9 Å². The number of aliphatic carboxylic acids is 1. The molecule has 0 amide bonds. The van der Waals surface area contributed by atoms with Crippen molar-refractivity contribution in [2.75, 3.05) is 33.3 Å². The van der Waals surface area contributed by atoms with Crippen LogP contribution >= 0.6 is 0 Å². The lowest BCUT2D eigenvalue weighted by molar-refractivity contribution is -0.144. The number of nitrogens with zero attached hydrogens (tertiary/aromatic N) is 2. The van der Waals surface area contributed by atoms with Crippen LogP contribution in [0.5, 0.6) is 5.75 Å². The van der Waals surface area contributed by atoms with E-state index in [0.29, 0.717) is 24.4 Å². The lowest BCUT2D eigenvalue weighted by Crippen LogP contribution is -2.50. The maximum Gasteiger partial charge on any atom is 0.325 e. The Bertz CT molecular complexity index is 1150. The average Bonchev–Trinajstić information content (AvgIpc) is 3.18. The molecule has 1 fully saturated rings. The maximum absolute atomic E-state index is 12.8. The maximum atomic E-state index is 12.8. The number of aromatic amines is 1. The van der Waals surface area contributed by atoms with Crippen molar-refractivity contribution in [1.29, 1.82) is 0 Å². The second-order valence-corrected chi connectivity index (χ2v) is 9.06. The normalized spacial score (nSPS) is 17.1. The van der Waals surface area contributed by atoms with Crippen LogP contribution in [0.1, 0.15) is 11.6 Å². The number of rotatable bonds is 6. The first-order chi connectivity index (χ1) is 14.4. The molecule has 0 unspecified atom stereocenters. The van der Waals surface area contributed by atoms with Crippen LogP contribution < -0.4 is 4.74 Å². The third-order valence-corrected chi connectivity index (χ3v) is 7.39. The summed E-state index contributed by atoms with van der Waals surface area (Å²) in [5.41, 5.74) is 1.38. The number of hydrogen-bond acceptors (Lipinski definition) is 5. The van der Waals surface area contributed by atoms with Crippen molar-refractivity contribution in [3.8, 4) is 5.75 Å². The summed E-state index contributed by atoms with van der Waals surface area (Å²) in [6, 6.07) is 12.9. The molecule has 1 aliphatic heterocycles. The van der Waals surface area contributed by atoms with Crippen molar-refractivity contribution in [3.05, 3.63) is 60.3 Å². The van der Waals surface area contributed by atoms with Crippen LogP contribution in [0.4, 0.5) is 0 Å². The highest BCUT2D eigenvalue weighted by Gasteiger charge is 2.35. The van der Waals surface area contributed by atoms with Gasteiger partial charge in [-0.1, -0.05) is 30.3 Å². The minimum absolute atomic E-state index is 0.229. The zero-order valence-electron chi connectivity index (χ0n) is 16.5. The van der Waals surface area contributed by atoms with Gasteiger partial charge in [-0.3, -0.25) is 9.69 Å². The molecule has 3 aromatic rings. The molecule has 0 spiro atoms. The molecule has 1 aromatic heterocycles. The van der Waals surface area contributed by atoms with Crippen molar-refractivity contribution in [2.24, 2.45) is 0 Å². The Morgan fingerprint density at radius 3 is 2.40 bits per heavy atom. The van der Waals surface area contributed by atoms with E-state index in [1.54, 1.807) is 48.5 Å². The molecule has 9 heteroatoms. The Labute approximate surface area is 174 Å². The van der Waals surface area contributed by atoms with Gasteiger partial charge in [0.15, 0.2) is 0 Å². The van der Waals surface area contributed by atoms with Crippen LogP contribution in [0.3, 0.4) is 0 Å². The first-order valence-electron chi connectivity index (χ1n) is 9.59. The summed E-state index contributed by atoms with van der Waals surface area (Å²) in [5.74, 6) is -0.334. The van der Waals surface area contributed by atoms with Crippen LogP contribution in [-0.4, -0.2) is 67.0 Å². The minimum Gasteiger partial charge on any atom is -0.495 e. The van der Waals surface area contributed by atoms with Crippen molar-refractivity contribution in [1.82, 2.24) is 14.2 Å². The standard InChI is InChI=1S/C21H23N3O5S/c1-29-18-9-5-8-16-17(14-22-19(16)18)20(21(25)26)23-10-12-24(13-11-23)30(27,28)15-6-3-2-4-7-15/h2-9,14,20,22H,10-13H2,1H3,(H,25,26)/t20-/m1/s1. The number of sulfonamides is 1. The number of carboxylic acids is 1. The lowest BCUT2D eigenvalue weighted by Gasteiger charge is -2.37. The van der Waals surface area contributed by atoms with Gasteiger partial charge in [-0.25, -0.2) is 8.42 Å². The largest absolute Gasteiger partial charge is 0.495 e. The number of carboxylic acid groups (broad SMARTS) is 1. The molecular weight excluding hydrogens is 406 g/mol. The van der Waals surface area contributed by atoms with Crippen LogP contribution in [0.2, 0.25) is 0 Å². The van der Waals surface area contributed by atoms with E-state index in [1.165, 1.54) is 4.31 Å². The molecule has 1 saturated heterocycles. The number of piperazine rings is 1. The second kappa shape index (κ2) is 8.10. The number of carbonyl (C=O) groups is 1. The summed E-state index contributed by atoms with van der Waals surface area (Å²) in [5, 5.41) is 10.7. The molecule has 8 nitrogen and oxygen atoms in total. The molecule has 158 valence electrons. The summed E-state index contributed by atoms with van der Waals surface area (Å²) in [6.45, 7) is 1.10. The Morgan fingerprint density at radius 1 is 1.07 bits per heavy atom. The fourth-order valence-corrected chi connectivity index (χ4v) is 5.42. The number of methoxy groups -OCH3 is 1. The molecule has 0 radical (unpaired) electrons. The third-order valence-electron chi connectivity index (χ3n) is 5.48. The first-order valence-corrected chi connectivity index (χ1v) is 11.0. The van der Waals surface area contributed by atoms with Gasteiger partial charge in [0.2, 0.25) is 10.0 Å². The zero-order chi connectivity index (χ0) is 21.3. The lowest BCUT2D eigenvalue weighted by atomic mass is 10.0. The van der Waals surface area contributed by atoms with Gasteiger partial charge in [-0.05, 0) is 18.2 Å².